The van der Waals surface area contributed by atoms with Crippen molar-refractivity contribution in [3.8, 4) is 0 Å². The third-order valence-electron chi connectivity index (χ3n) is 5.46. The van der Waals surface area contributed by atoms with Crippen LogP contribution in [0.25, 0.3) is 0 Å². The molecule has 0 saturated carbocycles. The molecule has 142 valence electrons. The van der Waals surface area contributed by atoms with Crippen LogP contribution < -0.4 is 10.0 Å². The lowest BCUT2D eigenvalue weighted by molar-refractivity contribution is -0.119. The minimum absolute atomic E-state index is 0.0555. The molecule has 0 aromatic heterocycles. The second-order valence-electron chi connectivity index (χ2n) is 7.17. The summed E-state index contributed by atoms with van der Waals surface area (Å²) in [5.41, 5.74) is 2.90. The molecule has 2 N–H and O–H groups in total. The molecule has 1 atom stereocenters. The zero-order chi connectivity index (χ0) is 19.0. The first-order valence-corrected chi connectivity index (χ1v) is 10.7. The Morgan fingerprint density at radius 1 is 1.11 bits per heavy atom. The van der Waals surface area contributed by atoms with Gasteiger partial charge in [-0.15, -0.1) is 0 Å². The van der Waals surface area contributed by atoms with Gasteiger partial charge in [-0.3, -0.25) is 9.69 Å². The van der Waals surface area contributed by atoms with Crippen LogP contribution in [-0.4, -0.2) is 38.9 Å². The van der Waals surface area contributed by atoms with Crippen molar-refractivity contribution in [2.24, 2.45) is 5.14 Å². The Bertz CT molecular complexity index is 960. The topological polar surface area (TPSA) is 83.7 Å². The molecule has 2 aliphatic heterocycles. The molecule has 1 saturated heterocycles. The summed E-state index contributed by atoms with van der Waals surface area (Å²) in [5.74, 6) is 0.0555. The fraction of sp³-hybridized carbons (Fsp3) is 0.350. The van der Waals surface area contributed by atoms with Crippen molar-refractivity contribution >= 4 is 21.6 Å². The molecule has 2 aromatic carbocycles. The number of nitrogens with two attached hydrogens (primary N) is 1. The van der Waals surface area contributed by atoms with Gasteiger partial charge >= 0.3 is 0 Å². The van der Waals surface area contributed by atoms with Crippen molar-refractivity contribution in [3.05, 3.63) is 59.7 Å². The van der Waals surface area contributed by atoms with Crippen LogP contribution >= 0.6 is 0 Å². The van der Waals surface area contributed by atoms with E-state index >= 15 is 0 Å². The molecule has 2 aromatic rings. The number of amides is 1. The SMILES string of the molecule is NS(=O)(=O)c1ccc2c(c1)CCN2C(=O)CN1CCC[C@H]1c1ccccc1. The van der Waals surface area contributed by atoms with Gasteiger partial charge < -0.3 is 4.90 Å². The predicted molar refractivity (Wildman–Crippen MR) is 104 cm³/mol. The Morgan fingerprint density at radius 2 is 1.89 bits per heavy atom. The normalized spacial score (nSPS) is 20.0. The van der Waals surface area contributed by atoms with E-state index in [9.17, 15) is 13.2 Å². The van der Waals surface area contributed by atoms with Gasteiger partial charge in [-0.2, -0.15) is 0 Å². The number of primary sulfonamides is 1. The van der Waals surface area contributed by atoms with Crippen molar-refractivity contribution in [2.45, 2.75) is 30.2 Å². The van der Waals surface area contributed by atoms with Crippen molar-refractivity contribution in [2.75, 3.05) is 24.5 Å². The summed E-state index contributed by atoms with van der Waals surface area (Å²) in [7, 11) is -3.73. The van der Waals surface area contributed by atoms with Crippen LogP contribution in [-0.2, 0) is 21.2 Å². The lowest BCUT2D eigenvalue weighted by Gasteiger charge is -2.27. The van der Waals surface area contributed by atoms with Gasteiger partial charge in [0.15, 0.2) is 0 Å². The number of hydrogen-bond acceptors (Lipinski definition) is 4. The zero-order valence-corrected chi connectivity index (χ0v) is 15.9. The molecule has 2 aliphatic rings. The van der Waals surface area contributed by atoms with Gasteiger partial charge in [-0.25, -0.2) is 13.6 Å². The number of hydrogen-bond donors (Lipinski definition) is 1. The van der Waals surface area contributed by atoms with E-state index in [1.165, 1.54) is 11.6 Å². The lowest BCUT2D eigenvalue weighted by Crippen LogP contribution is -2.39. The molecule has 7 heteroatoms. The number of sulfonamides is 1. The van der Waals surface area contributed by atoms with E-state index in [0.29, 0.717) is 19.5 Å². The van der Waals surface area contributed by atoms with Crippen LogP contribution in [0, 0.1) is 0 Å². The van der Waals surface area contributed by atoms with Crippen molar-refractivity contribution < 1.29 is 13.2 Å². The predicted octanol–water partition coefficient (Wildman–Crippen LogP) is 2.06. The molecule has 1 fully saturated rings. The van der Waals surface area contributed by atoms with Gasteiger partial charge in [0.2, 0.25) is 15.9 Å². The monoisotopic (exact) mass is 385 g/mol. The van der Waals surface area contributed by atoms with Crippen molar-refractivity contribution in [1.29, 1.82) is 0 Å². The molecular formula is C20H23N3O3S. The van der Waals surface area contributed by atoms with Gasteiger partial charge in [0.05, 0.1) is 11.4 Å². The fourth-order valence-corrected chi connectivity index (χ4v) is 4.71. The number of rotatable bonds is 4. The van der Waals surface area contributed by atoms with Gasteiger partial charge in [0, 0.05) is 18.3 Å². The Kier molecular flexibility index (Phi) is 4.75. The van der Waals surface area contributed by atoms with Gasteiger partial charge in [0.1, 0.15) is 0 Å². The van der Waals surface area contributed by atoms with E-state index in [4.69, 9.17) is 5.14 Å². The first-order valence-electron chi connectivity index (χ1n) is 9.18. The number of carbonyl (C=O) groups excluding carboxylic acids is 1. The molecule has 4 rings (SSSR count). The standard InChI is InChI=1S/C20H23N3O3S/c21-27(25,26)17-8-9-19-16(13-17)10-12-23(19)20(24)14-22-11-4-7-18(22)15-5-2-1-3-6-15/h1-3,5-6,8-9,13,18H,4,7,10-12,14H2,(H2,21,25,26)/t18-/m0/s1. The van der Waals surface area contributed by atoms with Gasteiger partial charge in [-0.1, -0.05) is 30.3 Å². The maximum Gasteiger partial charge on any atom is 0.241 e. The Hall–Kier alpha value is -2.22. The third kappa shape index (κ3) is 3.63. The van der Waals surface area contributed by atoms with Crippen LogP contribution in [0.4, 0.5) is 5.69 Å². The van der Waals surface area contributed by atoms with E-state index in [1.807, 2.05) is 18.2 Å². The Labute approximate surface area is 159 Å². The van der Waals surface area contributed by atoms with E-state index in [-0.39, 0.29) is 16.8 Å². The van der Waals surface area contributed by atoms with E-state index in [0.717, 1.165) is 30.6 Å². The van der Waals surface area contributed by atoms with E-state index in [1.54, 1.807) is 17.0 Å². The molecule has 27 heavy (non-hydrogen) atoms. The highest BCUT2D eigenvalue weighted by molar-refractivity contribution is 7.89. The van der Waals surface area contributed by atoms with E-state index in [2.05, 4.69) is 17.0 Å². The van der Waals surface area contributed by atoms with Gasteiger partial charge in [-0.05, 0) is 55.1 Å². The quantitative estimate of drug-likeness (QED) is 0.873. The highest BCUT2D eigenvalue weighted by Gasteiger charge is 2.31. The summed E-state index contributed by atoms with van der Waals surface area (Å²) < 4.78 is 23.1. The van der Waals surface area contributed by atoms with Crippen molar-refractivity contribution in [3.63, 3.8) is 0 Å². The van der Waals surface area contributed by atoms with Crippen LogP contribution in [0.3, 0.4) is 0 Å². The highest BCUT2D eigenvalue weighted by atomic mass is 32.2. The second-order valence-corrected chi connectivity index (χ2v) is 8.73. The van der Waals surface area contributed by atoms with Crippen LogP contribution in [0.1, 0.15) is 30.0 Å². The molecule has 0 radical (unpaired) electrons. The minimum Gasteiger partial charge on any atom is -0.311 e. The summed E-state index contributed by atoms with van der Waals surface area (Å²) >= 11 is 0. The fourth-order valence-electron chi connectivity index (χ4n) is 4.14. The third-order valence-corrected chi connectivity index (χ3v) is 6.37. The van der Waals surface area contributed by atoms with Crippen molar-refractivity contribution in [1.82, 2.24) is 4.90 Å². The molecular weight excluding hydrogens is 362 g/mol. The molecule has 1 amide bonds. The second kappa shape index (κ2) is 7.07. The first-order chi connectivity index (χ1) is 12.9. The largest absolute Gasteiger partial charge is 0.311 e. The lowest BCUT2D eigenvalue weighted by atomic mass is 10.0. The molecule has 6 nitrogen and oxygen atoms in total. The summed E-state index contributed by atoms with van der Waals surface area (Å²) in [5, 5.41) is 5.21. The number of likely N-dealkylation sites (tertiary alicyclic amines) is 1. The first kappa shape index (κ1) is 18.2. The van der Waals surface area contributed by atoms with Gasteiger partial charge in [0.25, 0.3) is 0 Å². The number of nitrogens with zero attached hydrogens (tertiary/aromatic N) is 2. The number of anilines is 1. The maximum atomic E-state index is 13.0. The summed E-state index contributed by atoms with van der Waals surface area (Å²) in [6.45, 7) is 1.86. The number of fused-ring (bicyclic) bond motifs is 1. The average Bonchev–Trinajstić information content (AvgIpc) is 3.27. The summed E-state index contributed by atoms with van der Waals surface area (Å²) in [4.78, 5) is 17.1. The maximum absolute atomic E-state index is 13.0. The number of carbonyl (C=O) groups is 1. The van der Waals surface area contributed by atoms with E-state index < -0.39 is 10.0 Å². The average molecular weight is 385 g/mol. The Balaban J connectivity index is 1.50. The van der Waals surface area contributed by atoms with Crippen LogP contribution in [0.2, 0.25) is 0 Å². The number of benzene rings is 2. The van der Waals surface area contributed by atoms with Crippen LogP contribution in [0.5, 0.6) is 0 Å². The van der Waals surface area contributed by atoms with Crippen LogP contribution in [0.15, 0.2) is 53.4 Å². The summed E-state index contributed by atoms with van der Waals surface area (Å²) in [6.07, 6.45) is 2.79. The molecule has 2 heterocycles. The highest BCUT2D eigenvalue weighted by Crippen LogP contribution is 2.33. The Morgan fingerprint density at radius 3 is 2.63 bits per heavy atom. The molecule has 0 spiro atoms. The zero-order valence-electron chi connectivity index (χ0n) is 15.0. The molecule has 0 bridgehead atoms. The molecule has 0 unspecified atom stereocenters. The molecule has 0 aliphatic carbocycles. The summed E-state index contributed by atoms with van der Waals surface area (Å²) in [6, 6.07) is 15.3. The minimum atomic E-state index is -3.73. The smallest absolute Gasteiger partial charge is 0.241 e.